The number of carboxylic acids is 1. The van der Waals surface area contributed by atoms with Gasteiger partial charge in [-0.1, -0.05) is 25.3 Å². The SMILES string of the molecule is CN1C[C@]2(CCc3cc(C(=O)O)ccc3C2)[C@@H]1C1(O)CCCCC1. The van der Waals surface area contributed by atoms with Crippen molar-refractivity contribution in [3.63, 3.8) is 0 Å². The molecule has 4 heteroatoms. The van der Waals surface area contributed by atoms with Gasteiger partial charge in [-0.15, -0.1) is 0 Å². The van der Waals surface area contributed by atoms with Gasteiger partial charge in [0, 0.05) is 18.0 Å². The van der Waals surface area contributed by atoms with Gasteiger partial charge in [0.15, 0.2) is 0 Å². The molecule has 2 fully saturated rings. The Bertz CT molecular complexity index is 665. The lowest BCUT2D eigenvalue weighted by atomic mass is 9.55. The smallest absolute Gasteiger partial charge is 0.335 e. The van der Waals surface area contributed by atoms with E-state index in [1.807, 2.05) is 12.1 Å². The van der Waals surface area contributed by atoms with Crippen LogP contribution in [0, 0.1) is 5.41 Å². The fourth-order valence-corrected chi connectivity index (χ4v) is 5.83. The van der Waals surface area contributed by atoms with Crippen molar-refractivity contribution in [2.24, 2.45) is 5.41 Å². The number of carbonyl (C=O) groups is 1. The minimum Gasteiger partial charge on any atom is -0.478 e. The number of hydrogen-bond acceptors (Lipinski definition) is 3. The molecule has 0 aromatic heterocycles. The standard InChI is InChI=1S/C20H27NO3/c1-21-13-19(18(21)20(24)8-3-2-4-9-20)10-7-14-11-15(17(22)23)5-6-16(14)12-19/h5-6,11,18,24H,2-4,7-10,12-13H2,1H3,(H,22,23)/t18-,19-/m1/s1. The van der Waals surface area contributed by atoms with E-state index in [4.69, 9.17) is 0 Å². The number of aliphatic hydroxyl groups is 1. The highest BCUT2D eigenvalue weighted by Crippen LogP contribution is 2.53. The number of hydrogen-bond donors (Lipinski definition) is 2. The lowest BCUT2D eigenvalue weighted by Gasteiger charge is -2.64. The molecule has 2 aliphatic carbocycles. The minimum absolute atomic E-state index is 0.165. The predicted molar refractivity (Wildman–Crippen MR) is 92.3 cm³/mol. The summed E-state index contributed by atoms with van der Waals surface area (Å²) in [5.41, 5.74) is 2.48. The third kappa shape index (κ3) is 2.39. The summed E-state index contributed by atoms with van der Waals surface area (Å²) in [6.45, 7) is 1.04. The molecule has 3 aliphatic rings. The van der Waals surface area contributed by atoms with E-state index in [-0.39, 0.29) is 11.5 Å². The van der Waals surface area contributed by atoms with Crippen LogP contribution in [0.2, 0.25) is 0 Å². The quantitative estimate of drug-likeness (QED) is 0.876. The molecule has 1 saturated heterocycles. The van der Waals surface area contributed by atoms with Crippen LogP contribution in [0.4, 0.5) is 0 Å². The number of likely N-dealkylation sites (N-methyl/N-ethyl adjacent to an activating group) is 1. The third-order valence-corrected chi connectivity index (χ3v) is 6.70. The first-order valence-electron chi connectivity index (χ1n) is 9.21. The van der Waals surface area contributed by atoms with Gasteiger partial charge in [-0.3, -0.25) is 4.90 Å². The van der Waals surface area contributed by atoms with E-state index in [1.54, 1.807) is 6.07 Å². The molecule has 1 aromatic rings. The molecule has 130 valence electrons. The van der Waals surface area contributed by atoms with E-state index in [2.05, 4.69) is 11.9 Å². The number of fused-ring (bicyclic) bond motifs is 1. The van der Waals surface area contributed by atoms with Crippen molar-refractivity contribution in [3.8, 4) is 0 Å². The van der Waals surface area contributed by atoms with Gasteiger partial charge in [0.1, 0.15) is 0 Å². The van der Waals surface area contributed by atoms with Crippen LogP contribution < -0.4 is 0 Å². The van der Waals surface area contributed by atoms with Crippen molar-refractivity contribution in [2.75, 3.05) is 13.6 Å². The van der Waals surface area contributed by atoms with Gasteiger partial charge in [0.25, 0.3) is 0 Å². The fourth-order valence-electron chi connectivity index (χ4n) is 5.83. The van der Waals surface area contributed by atoms with Crippen molar-refractivity contribution in [2.45, 2.75) is 63.0 Å². The topological polar surface area (TPSA) is 60.8 Å². The summed E-state index contributed by atoms with van der Waals surface area (Å²) < 4.78 is 0. The molecule has 4 nitrogen and oxygen atoms in total. The van der Waals surface area contributed by atoms with Gasteiger partial charge in [-0.2, -0.15) is 0 Å². The van der Waals surface area contributed by atoms with E-state index in [0.717, 1.165) is 51.5 Å². The summed E-state index contributed by atoms with van der Waals surface area (Å²) >= 11 is 0. The van der Waals surface area contributed by atoms with Crippen molar-refractivity contribution in [3.05, 3.63) is 34.9 Å². The Morgan fingerprint density at radius 3 is 2.58 bits per heavy atom. The summed E-state index contributed by atoms with van der Waals surface area (Å²) in [5, 5.41) is 20.5. The number of nitrogens with zero attached hydrogens (tertiary/aromatic N) is 1. The second-order valence-corrected chi connectivity index (χ2v) is 8.31. The highest BCUT2D eigenvalue weighted by atomic mass is 16.4. The summed E-state index contributed by atoms with van der Waals surface area (Å²) in [4.78, 5) is 13.5. The van der Waals surface area contributed by atoms with Gasteiger partial charge in [0.2, 0.25) is 0 Å². The summed E-state index contributed by atoms with van der Waals surface area (Å²) in [7, 11) is 2.14. The molecule has 1 spiro atoms. The predicted octanol–water partition coefficient (Wildman–Crippen LogP) is 2.87. The number of aromatic carboxylic acids is 1. The molecule has 1 aromatic carbocycles. The van der Waals surface area contributed by atoms with Gasteiger partial charge < -0.3 is 10.2 Å². The van der Waals surface area contributed by atoms with Crippen LogP contribution in [0.25, 0.3) is 0 Å². The minimum atomic E-state index is -0.851. The van der Waals surface area contributed by atoms with Gasteiger partial charge in [-0.25, -0.2) is 4.79 Å². The van der Waals surface area contributed by atoms with E-state index < -0.39 is 11.6 Å². The van der Waals surface area contributed by atoms with Crippen LogP contribution in [-0.4, -0.2) is 46.3 Å². The zero-order valence-electron chi connectivity index (χ0n) is 14.4. The fraction of sp³-hybridized carbons (Fsp3) is 0.650. The Morgan fingerprint density at radius 1 is 1.17 bits per heavy atom. The molecule has 0 bridgehead atoms. The van der Waals surface area contributed by atoms with Crippen LogP contribution in [0.5, 0.6) is 0 Å². The molecule has 0 amide bonds. The molecule has 2 atom stereocenters. The molecular formula is C20H27NO3. The monoisotopic (exact) mass is 329 g/mol. The largest absolute Gasteiger partial charge is 0.478 e. The number of aryl methyl sites for hydroxylation is 1. The van der Waals surface area contributed by atoms with Gasteiger partial charge >= 0.3 is 5.97 Å². The van der Waals surface area contributed by atoms with Crippen LogP contribution in [0.15, 0.2) is 18.2 Å². The second-order valence-electron chi connectivity index (χ2n) is 8.31. The first-order valence-corrected chi connectivity index (χ1v) is 9.21. The van der Waals surface area contributed by atoms with Crippen LogP contribution >= 0.6 is 0 Å². The summed E-state index contributed by atoms with van der Waals surface area (Å²) in [6, 6.07) is 5.82. The van der Waals surface area contributed by atoms with Gasteiger partial charge in [0.05, 0.1) is 11.2 Å². The van der Waals surface area contributed by atoms with Crippen molar-refractivity contribution >= 4 is 5.97 Å². The van der Waals surface area contributed by atoms with Gasteiger partial charge in [-0.05, 0) is 62.4 Å². The van der Waals surface area contributed by atoms with E-state index in [9.17, 15) is 15.0 Å². The van der Waals surface area contributed by atoms with E-state index >= 15 is 0 Å². The normalized spacial score (nSPS) is 32.2. The molecule has 4 rings (SSSR count). The lowest BCUT2D eigenvalue weighted by Crippen LogP contribution is -2.73. The maximum Gasteiger partial charge on any atom is 0.335 e. The number of benzene rings is 1. The maximum absolute atomic E-state index is 11.3. The number of rotatable bonds is 2. The molecule has 1 heterocycles. The summed E-state index contributed by atoms with van der Waals surface area (Å²) in [6.07, 6.45) is 8.32. The Labute approximate surface area is 143 Å². The number of likely N-dealkylation sites (tertiary alicyclic amines) is 1. The molecule has 0 radical (unpaired) electrons. The molecule has 24 heavy (non-hydrogen) atoms. The van der Waals surface area contributed by atoms with E-state index in [1.165, 1.54) is 17.5 Å². The maximum atomic E-state index is 11.3. The average Bonchev–Trinajstić information content (AvgIpc) is 2.53. The van der Waals surface area contributed by atoms with Crippen LogP contribution in [0.1, 0.15) is 60.0 Å². The Morgan fingerprint density at radius 2 is 1.92 bits per heavy atom. The molecular weight excluding hydrogens is 302 g/mol. The Balaban J connectivity index is 1.61. The summed E-state index contributed by atoms with van der Waals surface area (Å²) in [5.74, 6) is -0.851. The zero-order valence-corrected chi connectivity index (χ0v) is 14.4. The number of carboxylic acid groups (broad SMARTS) is 1. The lowest BCUT2D eigenvalue weighted by molar-refractivity contribution is -0.186. The van der Waals surface area contributed by atoms with E-state index in [0.29, 0.717) is 5.56 Å². The highest BCUT2D eigenvalue weighted by Gasteiger charge is 2.59. The van der Waals surface area contributed by atoms with Crippen molar-refractivity contribution < 1.29 is 15.0 Å². The second kappa shape index (κ2) is 5.57. The van der Waals surface area contributed by atoms with Crippen LogP contribution in [-0.2, 0) is 12.8 Å². The Hall–Kier alpha value is -1.39. The van der Waals surface area contributed by atoms with Crippen molar-refractivity contribution in [1.29, 1.82) is 0 Å². The highest BCUT2D eigenvalue weighted by molar-refractivity contribution is 5.87. The molecule has 2 N–H and O–H groups in total. The first kappa shape index (κ1) is 16.1. The third-order valence-electron chi connectivity index (χ3n) is 6.70. The molecule has 1 aliphatic heterocycles. The average molecular weight is 329 g/mol. The zero-order chi connectivity index (χ0) is 16.9. The van der Waals surface area contributed by atoms with Crippen molar-refractivity contribution in [1.82, 2.24) is 4.90 Å². The molecule has 1 saturated carbocycles. The molecule has 0 unspecified atom stereocenters. The first-order chi connectivity index (χ1) is 11.4. The van der Waals surface area contributed by atoms with Crippen LogP contribution in [0.3, 0.4) is 0 Å². The Kier molecular flexibility index (Phi) is 3.73.